The molecule has 2 aromatic rings. The molecule has 0 bridgehead atoms. The number of amides is 1. The van der Waals surface area contributed by atoms with E-state index < -0.39 is 0 Å². The fraction of sp³-hybridized carbons (Fsp3) is 0.125. The van der Waals surface area contributed by atoms with E-state index in [1.807, 2.05) is 0 Å². The van der Waals surface area contributed by atoms with Crippen LogP contribution in [-0.2, 0) is 0 Å². The van der Waals surface area contributed by atoms with Crippen LogP contribution in [-0.4, -0.2) is 22.6 Å². The molecule has 0 aliphatic carbocycles. The number of halogens is 1. The Morgan fingerprint density at radius 2 is 2.05 bits per heavy atom. The summed E-state index contributed by atoms with van der Waals surface area (Å²) in [5.74, 6) is 5.38. The number of nitrogens with one attached hydrogen (secondary N) is 1. The van der Waals surface area contributed by atoms with Crippen LogP contribution >= 0.6 is 11.6 Å². The van der Waals surface area contributed by atoms with Gasteiger partial charge in [-0.2, -0.15) is 0 Å². The summed E-state index contributed by atoms with van der Waals surface area (Å²) in [6, 6.07) is 8.32. The number of aliphatic hydroxyl groups excluding tert-OH is 1. The van der Waals surface area contributed by atoms with Crippen molar-refractivity contribution in [3.63, 3.8) is 0 Å². The molecule has 0 fully saturated rings. The Hall–Kier alpha value is -2.35. The molecule has 2 rings (SSSR count). The maximum Gasteiger partial charge on any atom is 0.255 e. The van der Waals surface area contributed by atoms with Gasteiger partial charge in [-0.05, 0) is 30.3 Å². The smallest absolute Gasteiger partial charge is 0.255 e. The summed E-state index contributed by atoms with van der Waals surface area (Å²) >= 11 is 6.10. The minimum absolute atomic E-state index is 0.0110. The average Bonchev–Trinajstić information content (AvgIpc) is 2.50. The van der Waals surface area contributed by atoms with Gasteiger partial charge in [-0.3, -0.25) is 9.78 Å². The van der Waals surface area contributed by atoms with Crippen molar-refractivity contribution in [3.05, 3.63) is 58.9 Å². The van der Waals surface area contributed by atoms with Gasteiger partial charge in [0.2, 0.25) is 0 Å². The van der Waals surface area contributed by atoms with Gasteiger partial charge in [0, 0.05) is 35.6 Å². The van der Waals surface area contributed by atoms with Gasteiger partial charge >= 0.3 is 0 Å². The monoisotopic (exact) mass is 300 g/mol. The maximum absolute atomic E-state index is 12.1. The molecule has 106 valence electrons. The van der Waals surface area contributed by atoms with Crippen molar-refractivity contribution >= 4 is 23.2 Å². The van der Waals surface area contributed by atoms with Crippen LogP contribution in [0.1, 0.15) is 22.3 Å². The van der Waals surface area contributed by atoms with Gasteiger partial charge < -0.3 is 10.4 Å². The number of nitrogens with zero attached hydrogens (tertiary/aromatic N) is 1. The van der Waals surface area contributed by atoms with E-state index in [0.29, 0.717) is 28.3 Å². The van der Waals surface area contributed by atoms with E-state index >= 15 is 0 Å². The Morgan fingerprint density at radius 1 is 1.29 bits per heavy atom. The van der Waals surface area contributed by atoms with Crippen LogP contribution in [0.3, 0.4) is 0 Å². The topological polar surface area (TPSA) is 62.2 Å². The average molecular weight is 301 g/mol. The predicted octanol–water partition coefficient (Wildman–Crippen LogP) is 2.72. The highest BCUT2D eigenvalue weighted by Crippen LogP contribution is 2.18. The Morgan fingerprint density at radius 3 is 2.71 bits per heavy atom. The number of pyridine rings is 1. The zero-order valence-electron chi connectivity index (χ0n) is 11.1. The Bertz CT molecular complexity index is 690. The van der Waals surface area contributed by atoms with Crippen LogP contribution in [0.15, 0.2) is 42.7 Å². The summed E-state index contributed by atoms with van der Waals surface area (Å²) < 4.78 is 0. The van der Waals surface area contributed by atoms with Crippen molar-refractivity contribution in [2.75, 3.05) is 11.9 Å². The number of hydrogen-bond donors (Lipinski definition) is 2. The quantitative estimate of drug-likeness (QED) is 0.857. The molecule has 0 aliphatic heterocycles. The number of hydrogen-bond acceptors (Lipinski definition) is 3. The molecule has 0 aliphatic rings. The van der Waals surface area contributed by atoms with E-state index in [1.54, 1.807) is 42.7 Å². The molecule has 1 heterocycles. The molecule has 4 nitrogen and oxygen atoms in total. The van der Waals surface area contributed by atoms with Gasteiger partial charge in [0.15, 0.2) is 0 Å². The first kappa shape index (κ1) is 15.0. The van der Waals surface area contributed by atoms with E-state index in [0.717, 1.165) is 0 Å². The van der Waals surface area contributed by atoms with E-state index in [2.05, 4.69) is 22.1 Å². The van der Waals surface area contributed by atoms with Crippen molar-refractivity contribution in [1.29, 1.82) is 0 Å². The normalized spacial score (nSPS) is 9.62. The SMILES string of the molecule is O=C(Nc1ccncc1)c1ccc(C#CCCO)c(Cl)c1. The zero-order chi connectivity index (χ0) is 15.1. The molecule has 0 radical (unpaired) electrons. The van der Waals surface area contributed by atoms with Crippen molar-refractivity contribution in [2.24, 2.45) is 0 Å². The minimum Gasteiger partial charge on any atom is -0.395 e. The first-order chi connectivity index (χ1) is 10.2. The summed E-state index contributed by atoms with van der Waals surface area (Å²) in [7, 11) is 0. The van der Waals surface area contributed by atoms with Gasteiger partial charge in [-0.1, -0.05) is 23.4 Å². The number of rotatable bonds is 3. The Balaban J connectivity index is 2.13. The van der Waals surface area contributed by atoms with Crippen LogP contribution in [0.2, 0.25) is 5.02 Å². The van der Waals surface area contributed by atoms with Crippen LogP contribution in [0.25, 0.3) is 0 Å². The van der Waals surface area contributed by atoms with Crippen LogP contribution in [0.4, 0.5) is 5.69 Å². The van der Waals surface area contributed by atoms with Crippen LogP contribution in [0.5, 0.6) is 0 Å². The molecule has 0 saturated carbocycles. The molecule has 21 heavy (non-hydrogen) atoms. The largest absolute Gasteiger partial charge is 0.395 e. The first-order valence-corrected chi connectivity index (χ1v) is 6.69. The van der Waals surface area contributed by atoms with E-state index in [1.165, 1.54) is 0 Å². The summed E-state index contributed by atoms with van der Waals surface area (Å²) in [5, 5.41) is 11.8. The van der Waals surface area contributed by atoms with Crippen LogP contribution < -0.4 is 5.32 Å². The standard InChI is InChI=1S/C16H13ClN2O2/c17-15-11-13(5-4-12(15)3-1-2-10-20)16(21)19-14-6-8-18-9-7-14/h4-9,11,20H,2,10H2,(H,18,19,21). The first-order valence-electron chi connectivity index (χ1n) is 6.31. The zero-order valence-corrected chi connectivity index (χ0v) is 11.9. The van der Waals surface area contributed by atoms with Crippen molar-refractivity contribution in [1.82, 2.24) is 4.98 Å². The van der Waals surface area contributed by atoms with Crippen LogP contribution in [0, 0.1) is 11.8 Å². The highest BCUT2D eigenvalue weighted by atomic mass is 35.5. The van der Waals surface area contributed by atoms with Gasteiger partial charge in [0.1, 0.15) is 0 Å². The number of carbonyl (C=O) groups is 1. The lowest BCUT2D eigenvalue weighted by Gasteiger charge is -2.05. The van der Waals surface area contributed by atoms with Crippen molar-refractivity contribution < 1.29 is 9.90 Å². The summed E-state index contributed by atoms with van der Waals surface area (Å²) in [5.41, 5.74) is 1.74. The number of anilines is 1. The molecule has 1 aromatic carbocycles. The number of aliphatic hydroxyl groups is 1. The van der Waals surface area contributed by atoms with Gasteiger partial charge in [0.05, 0.1) is 11.6 Å². The molecule has 2 N–H and O–H groups in total. The molecule has 0 unspecified atom stereocenters. The predicted molar refractivity (Wildman–Crippen MR) is 82.2 cm³/mol. The molecule has 1 amide bonds. The molecule has 0 saturated heterocycles. The maximum atomic E-state index is 12.1. The lowest BCUT2D eigenvalue weighted by molar-refractivity contribution is 0.102. The summed E-state index contributed by atoms with van der Waals surface area (Å²) in [6.07, 6.45) is 3.59. The second-order valence-electron chi connectivity index (χ2n) is 4.16. The minimum atomic E-state index is -0.252. The molecule has 5 heteroatoms. The van der Waals surface area contributed by atoms with Gasteiger partial charge in [-0.15, -0.1) is 0 Å². The summed E-state index contributed by atoms with van der Waals surface area (Å²) in [4.78, 5) is 16.0. The highest BCUT2D eigenvalue weighted by molar-refractivity contribution is 6.32. The molecular formula is C16H13ClN2O2. The van der Waals surface area contributed by atoms with Gasteiger partial charge in [0.25, 0.3) is 5.91 Å². The lowest BCUT2D eigenvalue weighted by Crippen LogP contribution is -2.11. The molecule has 0 atom stereocenters. The van der Waals surface area contributed by atoms with E-state index in [4.69, 9.17) is 16.7 Å². The second-order valence-corrected chi connectivity index (χ2v) is 4.57. The number of benzene rings is 1. The second kappa shape index (κ2) is 7.44. The molecule has 1 aromatic heterocycles. The molecular weight excluding hydrogens is 288 g/mol. The summed E-state index contributed by atoms with van der Waals surface area (Å²) in [6.45, 7) is 0.0110. The van der Waals surface area contributed by atoms with Crippen molar-refractivity contribution in [2.45, 2.75) is 6.42 Å². The lowest BCUT2D eigenvalue weighted by atomic mass is 10.1. The van der Waals surface area contributed by atoms with Gasteiger partial charge in [-0.25, -0.2) is 0 Å². The van der Waals surface area contributed by atoms with Crippen molar-refractivity contribution in [3.8, 4) is 11.8 Å². The number of aromatic nitrogens is 1. The number of carbonyl (C=O) groups excluding carboxylic acids is 1. The fourth-order valence-electron chi connectivity index (χ4n) is 1.61. The third-order valence-corrected chi connectivity index (χ3v) is 2.94. The Labute approximate surface area is 127 Å². The third kappa shape index (κ3) is 4.32. The van der Waals surface area contributed by atoms with E-state index in [-0.39, 0.29) is 12.5 Å². The molecule has 0 spiro atoms. The third-order valence-electron chi connectivity index (χ3n) is 2.63. The fourth-order valence-corrected chi connectivity index (χ4v) is 1.84. The highest BCUT2D eigenvalue weighted by Gasteiger charge is 2.08. The van der Waals surface area contributed by atoms with E-state index in [9.17, 15) is 4.79 Å². The Kier molecular flexibility index (Phi) is 5.33.